The minimum Gasteiger partial charge on any atom is -0.459 e. The van der Waals surface area contributed by atoms with Gasteiger partial charge in [-0.3, -0.25) is 4.79 Å². The predicted molar refractivity (Wildman–Crippen MR) is 90.2 cm³/mol. The molecule has 0 bridgehead atoms. The number of carbonyl (C=O) groups excluding carboxylic acids is 1. The molecule has 0 aliphatic carbocycles. The van der Waals surface area contributed by atoms with Crippen molar-refractivity contribution >= 4 is 29.3 Å². The molecule has 2 aromatic rings. The molecule has 1 fully saturated rings. The summed E-state index contributed by atoms with van der Waals surface area (Å²) in [5, 5.41) is 4.35. The van der Waals surface area contributed by atoms with Crippen LogP contribution in [-0.2, 0) is 4.79 Å². The van der Waals surface area contributed by atoms with Crippen LogP contribution >= 0.6 is 12.4 Å². The van der Waals surface area contributed by atoms with Crippen LogP contribution in [0.2, 0.25) is 0 Å². The van der Waals surface area contributed by atoms with Crippen LogP contribution in [0.4, 0.5) is 0 Å². The van der Waals surface area contributed by atoms with Crippen molar-refractivity contribution < 1.29 is 9.21 Å². The van der Waals surface area contributed by atoms with E-state index in [0.717, 1.165) is 36.2 Å². The first-order valence-corrected chi connectivity index (χ1v) is 7.70. The van der Waals surface area contributed by atoms with Crippen molar-refractivity contribution in [2.45, 2.75) is 26.3 Å². The molecule has 22 heavy (non-hydrogen) atoms. The Bertz CT molecular complexity index is 601. The third-order valence-electron chi connectivity index (χ3n) is 4.36. The number of furan rings is 1. The average Bonchev–Trinajstić information content (AvgIpc) is 3.16. The Morgan fingerprint density at radius 2 is 2.23 bits per heavy atom. The van der Waals surface area contributed by atoms with Gasteiger partial charge in [0.2, 0.25) is 5.91 Å². The highest BCUT2D eigenvalue weighted by Gasteiger charge is 2.30. The van der Waals surface area contributed by atoms with Gasteiger partial charge in [0.05, 0.1) is 12.0 Å². The molecular weight excluding hydrogens is 300 g/mol. The normalized spacial score (nSPS) is 18.9. The van der Waals surface area contributed by atoms with Gasteiger partial charge in [0, 0.05) is 18.5 Å². The van der Waals surface area contributed by atoms with Gasteiger partial charge in [-0.15, -0.1) is 12.4 Å². The Morgan fingerprint density at radius 3 is 2.86 bits per heavy atom. The lowest BCUT2D eigenvalue weighted by molar-refractivity contribution is -0.137. The zero-order chi connectivity index (χ0) is 14.8. The maximum Gasteiger partial charge on any atom is 0.227 e. The summed E-state index contributed by atoms with van der Waals surface area (Å²) in [5.41, 5.74) is 0.880. The van der Waals surface area contributed by atoms with Gasteiger partial charge in [-0.05, 0) is 38.9 Å². The topological polar surface area (TPSA) is 45.5 Å². The molecule has 1 N–H and O–H groups in total. The molecule has 1 aromatic heterocycles. The van der Waals surface area contributed by atoms with E-state index in [0.29, 0.717) is 6.54 Å². The number of amides is 1. The van der Waals surface area contributed by atoms with Crippen molar-refractivity contribution in [2.75, 3.05) is 19.6 Å². The van der Waals surface area contributed by atoms with Crippen LogP contribution in [0.1, 0.15) is 32.1 Å². The third kappa shape index (κ3) is 3.13. The Morgan fingerprint density at radius 1 is 1.45 bits per heavy atom. The second kappa shape index (κ2) is 7.16. The van der Waals surface area contributed by atoms with Gasteiger partial charge in [-0.2, -0.15) is 0 Å². The van der Waals surface area contributed by atoms with Crippen molar-refractivity contribution in [3.8, 4) is 0 Å². The fraction of sp³-hybridized carbons (Fsp3) is 0.471. The van der Waals surface area contributed by atoms with Gasteiger partial charge in [0.15, 0.2) is 0 Å². The molecule has 2 unspecified atom stereocenters. The molecule has 1 saturated heterocycles. The standard InChI is InChI=1S/C17H22N2O2.ClH/c1-3-19(17(20)14-8-9-18-11-14)12(2)16-10-13-6-4-5-7-15(13)21-16;/h4-7,10,12,14,18H,3,8-9,11H2,1-2H3;1H. The molecule has 3 rings (SSSR count). The van der Waals surface area contributed by atoms with Crippen LogP contribution in [0.25, 0.3) is 11.0 Å². The zero-order valence-electron chi connectivity index (χ0n) is 13.0. The summed E-state index contributed by atoms with van der Waals surface area (Å²) >= 11 is 0. The monoisotopic (exact) mass is 322 g/mol. The smallest absolute Gasteiger partial charge is 0.227 e. The van der Waals surface area contributed by atoms with E-state index in [1.807, 2.05) is 49.1 Å². The van der Waals surface area contributed by atoms with Crippen LogP contribution in [0, 0.1) is 5.92 Å². The lowest BCUT2D eigenvalue weighted by atomic mass is 10.1. The van der Waals surface area contributed by atoms with E-state index in [1.165, 1.54) is 0 Å². The van der Waals surface area contributed by atoms with Gasteiger partial charge in [0.25, 0.3) is 0 Å². The number of carbonyl (C=O) groups is 1. The number of nitrogens with zero attached hydrogens (tertiary/aromatic N) is 1. The molecule has 1 amide bonds. The first-order chi connectivity index (χ1) is 10.2. The maximum atomic E-state index is 12.7. The summed E-state index contributed by atoms with van der Waals surface area (Å²) in [5.74, 6) is 1.20. The largest absolute Gasteiger partial charge is 0.459 e. The molecule has 4 nitrogen and oxygen atoms in total. The quantitative estimate of drug-likeness (QED) is 0.938. The number of halogens is 1. The van der Waals surface area contributed by atoms with Gasteiger partial charge in [-0.25, -0.2) is 0 Å². The molecule has 0 radical (unpaired) electrons. The molecule has 0 spiro atoms. The second-order valence-corrected chi connectivity index (χ2v) is 5.68. The lowest BCUT2D eigenvalue weighted by Crippen LogP contribution is -2.38. The van der Waals surface area contributed by atoms with Gasteiger partial charge in [-0.1, -0.05) is 18.2 Å². The van der Waals surface area contributed by atoms with E-state index in [1.54, 1.807) is 0 Å². The number of para-hydroxylation sites is 1. The number of rotatable bonds is 4. The summed E-state index contributed by atoms with van der Waals surface area (Å²) in [6.45, 7) is 6.50. The SMILES string of the molecule is CCN(C(=O)C1CCNC1)C(C)c1cc2ccccc2o1.Cl. The van der Waals surface area contributed by atoms with Crippen LogP contribution in [0.15, 0.2) is 34.7 Å². The number of hydrogen-bond donors (Lipinski definition) is 1. The van der Waals surface area contributed by atoms with E-state index in [2.05, 4.69) is 5.32 Å². The summed E-state index contributed by atoms with van der Waals surface area (Å²) in [6, 6.07) is 9.98. The summed E-state index contributed by atoms with van der Waals surface area (Å²) in [7, 11) is 0. The second-order valence-electron chi connectivity index (χ2n) is 5.68. The van der Waals surface area contributed by atoms with Gasteiger partial charge < -0.3 is 14.6 Å². The van der Waals surface area contributed by atoms with E-state index >= 15 is 0 Å². The number of benzene rings is 1. The van der Waals surface area contributed by atoms with Crippen molar-refractivity contribution in [3.63, 3.8) is 0 Å². The fourth-order valence-electron chi connectivity index (χ4n) is 3.08. The Balaban J connectivity index is 0.00000176. The van der Waals surface area contributed by atoms with E-state index in [9.17, 15) is 4.79 Å². The van der Waals surface area contributed by atoms with Crippen molar-refractivity contribution in [1.82, 2.24) is 10.2 Å². The predicted octanol–water partition coefficient (Wildman–Crippen LogP) is 3.37. The lowest BCUT2D eigenvalue weighted by Gasteiger charge is -2.29. The number of fused-ring (bicyclic) bond motifs is 1. The van der Waals surface area contributed by atoms with Crippen LogP contribution < -0.4 is 5.32 Å². The molecule has 0 saturated carbocycles. The first kappa shape index (κ1) is 16.8. The van der Waals surface area contributed by atoms with E-state index < -0.39 is 0 Å². The van der Waals surface area contributed by atoms with Gasteiger partial charge in [0.1, 0.15) is 11.3 Å². The number of nitrogens with one attached hydrogen (secondary N) is 1. The molecule has 1 aliphatic heterocycles. The molecule has 1 aromatic carbocycles. The van der Waals surface area contributed by atoms with E-state index in [4.69, 9.17) is 4.42 Å². The Kier molecular flexibility index (Phi) is 5.48. The third-order valence-corrected chi connectivity index (χ3v) is 4.36. The highest BCUT2D eigenvalue weighted by Crippen LogP contribution is 2.28. The van der Waals surface area contributed by atoms with Gasteiger partial charge >= 0.3 is 0 Å². The summed E-state index contributed by atoms with van der Waals surface area (Å²) < 4.78 is 5.92. The minimum atomic E-state index is -0.0319. The van der Waals surface area contributed by atoms with E-state index in [-0.39, 0.29) is 30.3 Å². The molecular formula is C17H23ClN2O2. The number of hydrogen-bond acceptors (Lipinski definition) is 3. The first-order valence-electron chi connectivity index (χ1n) is 7.70. The highest BCUT2D eigenvalue weighted by atomic mass is 35.5. The molecule has 5 heteroatoms. The Labute approximate surface area is 137 Å². The van der Waals surface area contributed by atoms with Crippen molar-refractivity contribution in [1.29, 1.82) is 0 Å². The molecule has 120 valence electrons. The minimum absolute atomic E-state index is 0. The summed E-state index contributed by atoms with van der Waals surface area (Å²) in [4.78, 5) is 14.6. The van der Waals surface area contributed by atoms with Crippen LogP contribution in [-0.4, -0.2) is 30.4 Å². The summed E-state index contributed by atoms with van der Waals surface area (Å²) in [6.07, 6.45) is 0.933. The fourth-order valence-corrected chi connectivity index (χ4v) is 3.08. The molecule has 2 heterocycles. The zero-order valence-corrected chi connectivity index (χ0v) is 13.9. The average molecular weight is 323 g/mol. The molecule has 1 aliphatic rings. The highest BCUT2D eigenvalue weighted by molar-refractivity contribution is 5.85. The van der Waals surface area contributed by atoms with Crippen LogP contribution in [0.3, 0.4) is 0 Å². The van der Waals surface area contributed by atoms with Crippen molar-refractivity contribution in [3.05, 3.63) is 36.1 Å². The van der Waals surface area contributed by atoms with Crippen LogP contribution in [0.5, 0.6) is 0 Å². The van der Waals surface area contributed by atoms with Crippen molar-refractivity contribution in [2.24, 2.45) is 5.92 Å². The molecule has 2 atom stereocenters. The maximum absolute atomic E-state index is 12.7. The Hall–Kier alpha value is -1.52.